The molecule has 0 radical (unpaired) electrons. The summed E-state index contributed by atoms with van der Waals surface area (Å²) in [4.78, 5) is 22.0. The smallest absolute Gasteiger partial charge is 0.378 e. The Labute approximate surface area is 97.3 Å². The van der Waals surface area contributed by atoms with Gasteiger partial charge in [-0.25, -0.2) is 4.79 Å². The summed E-state index contributed by atoms with van der Waals surface area (Å²) in [6, 6.07) is 0. The van der Waals surface area contributed by atoms with Gasteiger partial charge in [-0.1, -0.05) is 0 Å². The molecule has 1 aliphatic heterocycles. The molecular weight excluding hydrogens is 232 g/mol. The Morgan fingerprint density at radius 1 is 1.53 bits per heavy atom. The van der Waals surface area contributed by atoms with E-state index in [9.17, 15) is 24.9 Å². The Hall–Kier alpha value is -1.60. The number of hydrogen-bond donors (Lipinski definition) is 3. The van der Waals surface area contributed by atoms with Crippen molar-refractivity contribution in [3.63, 3.8) is 0 Å². The van der Waals surface area contributed by atoms with Crippen molar-refractivity contribution in [1.82, 2.24) is 0 Å². The van der Waals surface area contributed by atoms with Gasteiger partial charge in [0.1, 0.15) is 12.2 Å². The number of Topliss-reactive ketones (excluding diaryl/α,β-unsaturated/α-hetero) is 1. The van der Waals surface area contributed by atoms with Crippen LogP contribution in [0, 0.1) is 0 Å². The molecule has 7 heteroatoms. The number of hydrogen-bond acceptors (Lipinski definition) is 7. The summed E-state index contributed by atoms with van der Waals surface area (Å²) >= 11 is 0. The van der Waals surface area contributed by atoms with E-state index in [1.54, 1.807) is 6.92 Å². The Kier molecular flexibility index (Phi) is 4.08. The number of esters is 1. The molecule has 1 aliphatic rings. The van der Waals surface area contributed by atoms with Gasteiger partial charge in [0.05, 0.1) is 6.61 Å². The molecular formula is C10H14O7. The van der Waals surface area contributed by atoms with Crippen molar-refractivity contribution < 1.29 is 34.4 Å². The molecule has 0 spiro atoms. The summed E-state index contributed by atoms with van der Waals surface area (Å²) in [7, 11) is 0. The Balaban J connectivity index is 2.91. The van der Waals surface area contributed by atoms with Crippen molar-refractivity contribution in [3.8, 4) is 0 Å². The van der Waals surface area contributed by atoms with Crippen LogP contribution in [0.3, 0.4) is 0 Å². The Morgan fingerprint density at radius 2 is 2.12 bits per heavy atom. The highest BCUT2D eigenvalue weighted by molar-refractivity contribution is 5.89. The average molecular weight is 246 g/mol. The molecule has 0 saturated heterocycles. The molecule has 0 amide bonds. The minimum atomic E-state index is -1.71. The zero-order valence-corrected chi connectivity index (χ0v) is 9.41. The third-order valence-corrected chi connectivity index (χ3v) is 2.27. The third-order valence-electron chi connectivity index (χ3n) is 2.27. The first-order valence-corrected chi connectivity index (χ1v) is 5.03. The van der Waals surface area contributed by atoms with Gasteiger partial charge < -0.3 is 24.8 Å². The van der Waals surface area contributed by atoms with E-state index >= 15 is 0 Å². The first-order chi connectivity index (χ1) is 7.90. The predicted octanol–water partition coefficient (Wildman–Crippen LogP) is -0.971. The van der Waals surface area contributed by atoms with Crippen molar-refractivity contribution in [2.75, 3.05) is 6.61 Å². The topological polar surface area (TPSA) is 113 Å². The van der Waals surface area contributed by atoms with Crippen molar-refractivity contribution in [1.29, 1.82) is 0 Å². The van der Waals surface area contributed by atoms with Gasteiger partial charge in [0.15, 0.2) is 17.6 Å². The average Bonchev–Trinajstić information content (AvgIpc) is 2.55. The molecule has 0 aromatic carbocycles. The number of aliphatic hydroxyl groups excluding tert-OH is 3. The molecule has 0 bridgehead atoms. The highest BCUT2D eigenvalue weighted by atomic mass is 16.6. The number of rotatable bonds is 5. The largest absolute Gasteiger partial charge is 0.499 e. The van der Waals surface area contributed by atoms with Gasteiger partial charge in [0.25, 0.3) is 0 Å². The van der Waals surface area contributed by atoms with E-state index in [1.807, 2.05) is 0 Å². The van der Waals surface area contributed by atoms with E-state index in [-0.39, 0.29) is 12.4 Å². The molecule has 1 unspecified atom stereocenters. The molecule has 0 aromatic rings. The van der Waals surface area contributed by atoms with E-state index in [0.29, 0.717) is 0 Å². The Bertz CT molecular complexity index is 360. The summed E-state index contributed by atoms with van der Waals surface area (Å²) in [5.41, 5.74) is 0. The zero-order chi connectivity index (χ0) is 13.2. The molecule has 0 fully saturated rings. The van der Waals surface area contributed by atoms with Crippen molar-refractivity contribution in [2.24, 2.45) is 0 Å². The van der Waals surface area contributed by atoms with Gasteiger partial charge in [-0.2, -0.15) is 0 Å². The quantitative estimate of drug-likeness (QED) is 0.535. The number of aliphatic hydroxyl groups is 3. The molecule has 7 nitrogen and oxygen atoms in total. The normalized spacial score (nSPS) is 23.3. The second-order valence-electron chi connectivity index (χ2n) is 3.52. The van der Waals surface area contributed by atoms with Gasteiger partial charge in [-0.15, -0.1) is 0 Å². The second kappa shape index (κ2) is 5.15. The fourth-order valence-electron chi connectivity index (χ4n) is 1.40. The van der Waals surface area contributed by atoms with Crippen molar-refractivity contribution in [3.05, 3.63) is 11.5 Å². The van der Waals surface area contributed by atoms with E-state index in [4.69, 9.17) is 4.74 Å². The van der Waals surface area contributed by atoms with Crippen LogP contribution in [0.4, 0.5) is 0 Å². The SMILES string of the molecule is CCOC1=C(O)C(=O)O[C@@H]1[C@@H](O)C(O)C(C)=O. The fourth-order valence-corrected chi connectivity index (χ4v) is 1.40. The molecule has 1 rings (SSSR count). The molecule has 0 aliphatic carbocycles. The van der Waals surface area contributed by atoms with Crippen molar-refractivity contribution in [2.45, 2.75) is 32.2 Å². The Morgan fingerprint density at radius 3 is 2.59 bits per heavy atom. The second-order valence-corrected chi connectivity index (χ2v) is 3.52. The molecule has 3 N–H and O–H groups in total. The number of cyclic esters (lactones) is 1. The molecule has 17 heavy (non-hydrogen) atoms. The molecule has 96 valence electrons. The van der Waals surface area contributed by atoms with Gasteiger partial charge in [-0.05, 0) is 13.8 Å². The highest BCUT2D eigenvalue weighted by Gasteiger charge is 2.44. The van der Waals surface area contributed by atoms with Crippen LogP contribution in [0.5, 0.6) is 0 Å². The predicted molar refractivity (Wildman–Crippen MR) is 53.9 cm³/mol. The van der Waals surface area contributed by atoms with Crippen LogP contribution in [0.2, 0.25) is 0 Å². The van der Waals surface area contributed by atoms with Gasteiger partial charge in [0.2, 0.25) is 5.76 Å². The lowest BCUT2D eigenvalue weighted by atomic mass is 10.0. The third kappa shape index (κ3) is 2.56. The van der Waals surface area contributed by atoms with E-state index in [0.717, 1.165) is 6.92 Å². The maximum atomic E-state index is 11.1. The molecule has 0 aromatic heterocycles. The molecule has 0 saturated carbocycles. The first-order valence-electron chi connectivity index (χ1n) is 5.03. The van der Waals surface area contributed by atoms with Crippen LogP contribution >= 0.6 is 0 Å². The summed E-state index contributed by atoms with van der Waals surface area (Å²) in [5, 5.41) is 28.3. The molecule has 3 atom stereocenters. The van der Waals surface area contributed by atoms with Gasteiger partial charge in [-0.3, -0.25) is 4.79 Å². The van der Waals surface area contributed by atoms with Crippen LogP contribution in [0.15, 0.2) is 11.5 Å². The summed E-state index contributed by atoms with van der Waals surface area (Å²) < 4.78 is 9.57. The van der Waals surface area contributed by atoms with Crippen LogP contribution in [-0.4, -0.2) is 52.0 Å². The van der Waals surface area contributed by atoms with Crippen LogP contribution in [-0.2, 0) is 19.1 Å². The summed E-state index contributed by atoms with van der Waals surface area (Å²) in [6.45, 7) is 2.82. The number of carbonyl (C=O) groups is 2. The minimum absolute atomic E-state index is 0.134. The fraction of sp³-hybridized carbons (Fsp3) is 0.600. The maximum Gasteiger partial charge on any atom is 0.378 e. The number of ether oxygens (including phenoxy) is 2. The van der Waals surface area contributed by atoms with Gasteiger partial charge >= 0.3 is 5.97 Å². The molecule has 1 heterocycles. The van der Waals surface area contributed by atoms with E-state index < -0.39 is 35.8 Å². The highest BCUT2D eigenvalue weighted by Crippen LogP contribution is 2.26. The van der Waals surface area contributed by atoms with Crippen LogP contribution < -0.4 is 0 Å². The van der Waals surface area contributed by atoms with Gasteiger partial charge in [0, 0.05) is 0 Å². The van der Waals surface area contributed by atoms with Crippen LogP contribution in [0.25, 0.3) is 0 Å². The zero-order valence-electron chi connectivity index (χ0n) is 9.41. The standard InChI is InChI=1S/C10H14O7/c1-3-16-8-7(14)10(15)17-9(8)6(13)5(12)4(2)11/h5-6,9,12-14H,3H2,1-2H3/t5?,6-,9+/m0/s1. The van der Waals surface area contributed by atoms with Crippen molar-refractivity contribution >= 4 is 11.8 Å². The maximum absolute atomic E-state index is 11.1. The lowest BCUT2D eigenvalue weighted by molar-refractivity contribution is -0.154. The number of carbonyl (C=O) groups excluding carboxylic acids is 2. The number of ketones is 1. The monoisotopic (exact) mass is 246 g/mol. The van der Waals surface area contributed by atoms with E-state index in [2.05, 4.69) is 4.74 Å². The lowest BCUT2D eigenvalue weighted by Crippen LogP contribution is -2.42. The summed E-state index contributed by atoms with van der Waals surface area (Å²) in [5.74, 6) is -2.78. The summed E-state index contributed by atoms with van der Waals surface area (Å²) in [6.07, 6.45) is -4.77. The lowest BCUT2D eigenvalue weighted by Gasteiger charge is -2.22. The minimum Gasteiger partial charge on any atom is -0.499 e. The van der Waals surface area contributed by atoms with Crippen LogP contribution in [0.1, 0.15) is 13.8 Å². The first kappa shape index (κ1) is 13.5. The van der Waals surface area contributed by atoms with E-state index in [1.165, 1.54) is 0 Å².